The van der Waals surface area contributed by atoms with Crippen molar-refractivity contribution in [2.45, 2.75) is 39.4 Å². The summed E-state index contributed by atoms with van der Waals surface area (Å²) in [5.74, 6) is 0.265. The zero-order valence-corrected chi connectivity index (χ0v) is 14.0. The molecule has 0 saturated carbocycles. The van der Waals surface area contributed by atoms with Crippen molar-refractivity contribution in [3.63, 3.8) is 0 Å². The SMILES string of the molecule is CC1C(=O)Nc2ccccc2CN1C(=O)Nc1ccn(C(C)C)n1. The van der Waals surface area contributed by atoms with Crippen molar-refractivity contribution >= 4 is 23.4 Å². The van der Waals surface area contributed by atoms with E-state index < -0.39 is 6.04 Å². The van der Waals surface area contributed by atoms with Crippen LogP contribution < -0.4 is 10.6 Å². The smallest absolute Gasteiger partial charge is 0.324 e. The summed E-state index contributed by atoms with van der Waals surface area (Å²) in [6.07, 6.45) is 1.81. The van der Waals surface area contributed by atoms with Crippen LogP contribution in [-0.2, 0) is 11.3 Å². The van der Waals surface area contributed by atoms with Crippen LogP contribution in [0.5, 0.6) is 0 Å². The highest BCUT2D eigenvalue weighted by Gasteiger charge is 2.30. The second-order valence-electron chi connectivity index (χ2n) is 6.16. The molecule has 0 radical (unpaired) electrons. The van der Waals surface area contributed by atoms with E-state index >= 15 is 0 Å². The van der Waals surface area contributed by atoms with E-state index in [-0.39, 0.29) is 18.0 Å². The van der Waals surface area contributed by atoms with Crippen molar-refractivity contribution in [2.24, 2.45) is 0 Å². The van der Waals surface area contributed by atoms with Gasteiger partial charge in [-0.25, -0.2) is 4.79 Å². The number of hydrogen-bond donors (Lipinski definition) is 2. The van der Waals surface area contributed by atoms with E-state index in [0.717, 1.165) is 11.3 Å². The van der Waals surface area contributed by atoms with Gasteiger partial charge in [-0.3, -0.25) is 14.8 Å². The molecular formula is C17H21N5O2. The molecule has 1 aliphatic heterocycles. The van der Waals surface area contributed by atoms with Crippen LogP contribution in [-0.4, -0.2) is 32.7 Å². The maximum Gasteiger partial charge on any atom is 0.324 e. The number of nitrogens with zero attached hydrogens (tertiary/aromatic N) is 3. The molecule has 1 atom stereocenters. The van der Waals surface area contributed by atoms with Crippen molar-refractivity contribution < 1.29 is 9.59 Å². The second kappa shape index (κ2) is 6.35. The molecule has 2 aromatic rings. The molecule has 2 heterocycles. The predicted octanol–water partition coefficient (Wildman–Crippen LogP) is 2.84. The number of aromatic nitrogens is 2. The Labute approximate surface area is 140 Å². The number of amides is 3. The van der Waals surface area contributed by atoms with Gasteiger partial charge in [-0.1, -0.05) is 18.2 Å². The summed E-state index contributed by atoms with van der Waals surface area (Å²) in [4.78, 5) is 26.4. The van der Waals surface area contributed by atoms with Gasteiger partial charge in [0.25, 0.3) is 0 Å². The monoisotopic (exact) mass is 327 g/mol. The topological polar surface area (TPSA) is 79.3 Å². The van der Waals surface area contributed by atoms with E-state index in [1.54, 1.807) is 17.7 Å². The third kappa shape index (κ3) is 3.10. The van der Waals surface area contributed by atoms with Crippen molar-refractivity contribution in [3.05, 3.63) is 42.1 Å². The van der Waals surface area contributed by atoms with Crippen LogP contribution in [0.3, 0.4) is 0 Å². The third-order valence-electron chi connectivity index (χ3n) is 4.10. The van der Waals surface area contributed by atoms with Crippen LogP contribution in [0.25, 0.3) is 0 Å². The van der Waals surface area contributed by atoms with E-state index in [0.29, 0.717) is 12.4 Å². The number of anilines is 2. The number of hydrogen-bond acceptors (Lipinski definition) is 3. The Kier molecular flexibility index (Phi) is 4.24. The predicted molar refractivity (Wildman–Crippen MR) is 91.7 cm³/mol. The van der Waals surface area contributed by atoms with Crippen molar-refractivity contribution in [1.29, 1.82) is 0 Å². The standard InChI is InChI=1S/C17H21N5O2/c1-11(2)22-9-8-15(20-22)19-17(24)21-10-13-6-4-5-7-14(13)18-16(23)12(21)3/h4-9,11-12H,10H2,1-3H3,(H,18,23)(H,19,20,24). The van der Waals surface area contributed by atoms with Crippen LogP contribution in [0, 0.1) is 0 Å². The number of benzene rings is 1. The van der Waals surface area contributed by atoms with Gasteiger partial charge in [0.2, 0.25) is 5.91 Å². The Bertz CT molecular complexity index is 768. The van der Waals surface area contributed by atoms with Gasteiger partial charge in [0.15, 0.2) is 5.82 Å². The zero-order chi connectivity index (χ0) is 17.3. The summed E-state index contributed by atoms with van der Waals surface area (Å²) in [6, 6.07) is 8.53. The van der Waals surface area contributed by atoms with E-state index in [1.807, 2.05) is 44.3 Å². The minimum atomic E-state index is -0.579. The van der Waals surface area contributed by atoms with Crippen molar-refractivity contribution in [2.75, 3.05) is 10.6 Å². The number of fused-ring (bicyclic) bond motifs is 1. The molecule has 0 fully saturated rings. The van der Waals surface area contributed by atoms with E-state index in [9.17, 15) is 9.59 Å². The molecule has 2 N–H and O–H groups in total. The molecule has 0 bridgehead atoms. The first-order valence-electron chi connectivity index (χ1n) is 7.97. The molecule has 7 heteroatoms. The number of carbonyl (C=O) groups is 2. The fourth-order valence-electron chi connectivity index (χ4n) is 2.60. The number of carbonyl (C=O) groups excluding carboxylic acids is 2. The first kappa shape index (κ1) is 16.0. The molecule has 0 aliphatic carbocycles. The van der Waals surface area contributed by atoms with Crippen LogP contribution in [0.15, 0.2) is 36.5 Å². The van der Waals surface area contributed by atoms with Crippen LogP contribution in [0.1, 0.15) is 32.4 Å². The van der Waals surface area contributed by atoms with Gasteiger partial charge in [-0.2, -0.15) is 5.10 Å². The zero-order valence-electron chi connectivity index (χ0n) is 14.0. The van der Waals surface area contributed by atoms with E-state index in [1.165, 1.54) is 4.90 Å². The Morgan fingerprint density at radius 1 is 1.33 bits per heavy atom. The Morgan fingerprint density at radius 3 is 2.79 bits per heavy atom. The van der Waals surface area contributed by atoms with Crippen LogP contribution >= 0.6 is 0 Å². The highest BCUT2D eigenvalue weighted by Crippen LogP contribution is 2.23. The van der Waals surface area contributed by atoms with Crippen LogP contribution in [0.4, 0.5) is 16.3 Å². The van der Waals surface area contributed by atoms with Crippen molar-refractivity contribution in [1.82, 2.24) is 14.7 Å². The van der Waals surface area contributed by atoms with Crippen molar-refractivity contribution in [3.8, 4) is 0 Å². The Balaban J connectivity index is 1.81. The fourth-order valence-corrected chi connectivity index (χ4v) is 2.60. The Hall–Kier alpha value is -2.83. The molecule has 1 aromatic heterocycles. The molecule has 3 rings (SSSR count). The average molecular weight is 327 g/mol. The summed E-state index contributed by atoms with van der Waals surface area (Å²) < 4.78 is 1.77. The molecule has 0 saturated heterocycles. The first-order chi connectivity index (χ1) is 11.5. The lowest BCUT2D eigenvalue weighted by molar-refractivity contribution is -0.119. The molecule has 1 unspecified atom stereocenters. The summed E-state index contributed by atoms with van der Waals surface area (Å²) in [7, 11) is 0. The lowest BCUT2D eigenvalue weighted by Gasteiger charge is -2.25. The Morgan fingerprint density at radius 2 is 2.08 bits per heavy atom. The fraction of sp³-hybridized carbons (Fsp3) is 0.353. The lowest BCUT2D eigenvalue weighted by atomic mass is 10.2. The summed E-state index contributed by atoms with van der Waals surface area (Å²) >= 11 is 0. The molecule has 1 aromatic carbocycles. The summed E-state index contributed by atoms with van der Waals surface area (Å²) in [6.45, 7) is 6.09. The largest absolute Gasteiger partial charge is 0.324 e. The first-order valence-corrected chi connectivity index (χ1v) is 7.97. The number of nitrogens with one attached hydrogen (secondary N) is 2. The summed E-state index contributed by atoms with van der Waals surface area (Å²) in [5.41, 5.74) is 1.65. The van der Waals surface area contributed by atoms with Gasteiger partial charge in [0.05, 0.1) is 6.54 Å². The molecule has 7 nitrogen and oxygen atoms in total. The van der Waals surface area contributed by atoms with E-state index in [4.69, 9.17) is 0 Å². The van der Waals surface area contributed by atoms with Gasteiger partial charge in [0, 0.05) is 24.0 Å². The van der Waals surface area contributed by atoms with Gasteiger partial charge in [-0.15, -0.1) is 0 Å². The number of urea groups is 1. The normalized spacial score (nSPS) is 17.2. The molecule has 3 amide bonds. The highest BCUT2D eigenvalue weighted by molar-refractivity contribution is 6.00. The quantitative estimate of drug-likeness (QED) is 0.890. The van der Waals surface area contributed by atoms with Crippen LogP contribution in [0.2, 0.25) is 0 Å². The molecule has 0 spiro atoms. The molecule has 126 valence electrons. The third-order valence-corrected chi connectivity index (χ3v) is 4.10. The van der Waals surface area contributed by atoms with Gasteiger partial charge < -0.3 is 10.2 Å². The average Bonchev–Trinajstić information content (AvgIpc) is 2.97. The molecule has 1 aliphatic rings. The van der Waals surface area contributed by atoms with Gasteiger partial charge in [-0.05, 0) is 32.4 Å². The van der Waals surface area contributed by atoms with E-state index in [2.05, 4.69) is 15.7 Å². The molecular weight excluding hydrogens is 306 g/mol. The molecule has 24 heavy (non-hydrogen) atoms. The number of rotatable bonds is 2. The highest BCUT2D eigenvalue weighted by atomic mass is 16.2. The minimum absolute atomic E-state index is 0.206. The maximum atomic E-state index is 12.7. The lowest BCUT2D eigenvalue weighted by Crippen LogP contribution is -2.45. The van der Waals surface area contributed by atoms with Gasteiger partial charge >= 0.3 is 6.03 Å². The minimum Gasteiger partial charge on any atom is -0.324 e. The number of para-hydroxylation sites is 1. The van der Waals surface area contributed by atoms with Gasteiger partial charge in [0.1, 0.15) is 6.04 Å². The maximum absolute atomic E-state index is 12.7. The summed E-state index contributed by atoms with van der Waals surface area (Å²) in [5, 5.41) is 9.94. The second-order valence-corrected chi connectivity index (χ2v) is 6.16.